The number of thiophene rings is 1. The van der Waals surface area contributed by atoms with E-state index < -0.39 is 5.69 Å². The second-order valence-electron chi connectivity index (χ2n) is 5.49. The third kappa shape index (κ3) is 2.16. The van der Waals surface area contributed by atoms with Crippen molar-refractivity contribution in [2.24, 2.45) is 7.05 Å². The summed E-state index contributed by atoms with van der Waals surface area (Å²) in [4.78, 5) is 29.2. The quantitative estimate of drug-likeness (QED) is 0.562. The van der Waals surface area contributed by atoms with Crippen molar-refractivity contribution < 1.29 is 0 Å². The zero-order chi connectivity index (χ0) is 16.8. The van der Waals surface area contributed by atoms with Crippen molar-refractivity contribution >= 4 is 21.4 Å². The summed E-state index contributed by atoms with van der Waals surface area (Å²) in [6.07, 6.45) is 0. The van der Waals surface area contributed by atoms with E-state index in [4.69, 9.17) is 0 Å². The third-order valence-corrected chi connectivity index (χ3v) is 5.13. The van der Waals surface area contributed by atoms with Gasteiger partial charge in [-0.05, 0) is 30.5 Å². The van der Waals surface area contributed by atoms with Crippen LogP contribution in [-0.2, 0) is 13.6 Å². The molecule has 0 unspecified atom stereocenters. The van der Waals surface area contributed by atoms with Gasteiger partial charge >= 0.3 is 5.69 Å². The number of nitrogens with zero attached hydrogens (tertiary/aromatic N) is 4. The molecule has 0 amide bonds. The molecule has 0 fully saturated rings. The van der Waals surface area contributed by atoms with Crippen molar-refractivity contribution in [2.45, 2.75) is 13.5 Å². The summed E-state index contributed by atoms with van der Waals surface area (Å²) in [6.45, 7) is 2.43. The maximum atomic E-state index is 12.5. The highest BCUT2D eigenvalue weighted by atomic mass is 32.1. The van der Waals surface area contributed by atoms with Crippen LogP contribution in [0.2, 0.25) is 0 Å². The molecule has 7 heteroatoms. The third-order valence-electron chi connectivity index (χ3n) is 4.00. The van der Waals surface area contributed by atoms with Gasteiger partial charge in [-0.3, -0.25) is 9.36 Å². The molecule has 2 aliphatic heterocycles. The molecular weight excluding hydrogens is 324 g/mol. The van der Waals surface area contributed by atoms with Crippen LogP contribution in [-0.4, -0.2) is 19.3 Å². The molecule has 0 radical (unpaired) electrons. The average Bonchev–Trinajstić information content (AvgIpc) is 3.03. The van der Waals surface area contributed by atoms with Crippen molar-refractivity contribution in [3.05, 3.63) is 57.2 Å². The number of hydrogen-bond acceptors (Lipinski definition) is 5. The molecule has 6 nitrogen and oxygen atoms in total. The first-order chi connectivity index (χ1) is 11.6. The van der Waals surface area contributed by atoms with Crippen molar-refractivity contribution in [1.82, 2.24) is 19.3 Å². The summed E-state index contributed by atoms with van der Waals surface area (Å²) in [5.41, 5.74) is 0.201. The smallest absolute Gasteiger partial charge is 0.268 e. The number of fused-ring (bicyclic) bond motifs is 2. The molecule has 24 heavy (non-hydrogen) atoms. The lowest BCUT2D eigenvalue weighted by molar-refractivity contribution is 0.625. The van der Waals surface area contributed by atoms with E-state index in [1.165, 1.54) is 11.7 Å². The molecule has 2 aromatic rings. The molecule has 120 valence electrons. The molecule has 1 aromatic carbocycles. The Morgan fingerprint density at radius 2 is 1.96 bits per heavy atom. The number of aromatic nitrogens is 4. The predicted molar refractivity (Wildman–Crippen MR) is 94.6 cm³/mol. The topological polar surface area (TPSA) is 69.8 Å². The van der Waals surface area contributed by atoms with E-state index in [0.717, 1.165) is 14.8 Å². The van der Waals surface area contributed by atoms with Crippen LogP contribution in [0.15, 0.2) is 46.0 Å². The zero-order valence-corrected chi connectivity index (χ0v) is 14.0. The zero-order valence-electron chi connectivity index (χ0n) is 13.2. The molecule has 0 bridgehead atoms. The Bertz CT molecular complexity index is 1120. The number of rotatable bonds is 2. The van der Waals surface area contributed by atoms with Gasteiger partial charge in [0.25, 0.3) is 5.56 Å². The maximum Gasteiger partial charge on any atom is 0.352 e. The number of hydrogen-bond donors (Lipinski definition) is 0. The van der Waals surface area contributed by atoms with E-state index >= 15 is 0 Å². The van der Waals surface area contributed by atoms with Gasteiger partial charge in [0.05, 0.1) is 10.4 Å². The van der Waals surface area contributed by atoms with Gasteiger partial charge in [0.2, 0.25) is 0 Å². The van der Waals surface area contributed by atoms with E-state index in [1.807, 2.05) is 19.1 Å². The van der Waals surface area contributed by atoms with Crippen LogP contribution in [0.4, 0.5) is 0 Å². The Kier molecular flexibility index (Phi) is 3.31. The first kappa shape index (κ1) is 14.8. The number of aryl methyl sites for hydroxylation is 1. The van der Waals surface area contributed by atoms with Crippen LogP contribution in [0.1, 0.15) is 6.92 Å². The number of benzene rings is 1. The van der Waals surface area contributed by atoms with Crippen LogP contribution in [0.3, 0.4) is 0 Å². The lowest BCUT2D eigenvalue weighted by atomic mass is 10.2. The first-order valence-electron chi connectivity index (χ1n) is 7.56. The van der Waals surface area contributed by atoms with Crippen LogP contribution >= 0.6 is 11.3 Å². The highest BCUT2D eigenvalue weighted by Gasteiger charge is 2.19. The molecule has 0 spiro atoms. The molecule has 2 aliphatic rings. The molecule has 0 N–H and O–H groups in total. The van der Waals surface area contributed by atoms with E-state index in [0.29, 0.717) is 23.6 Å². The Morgan fingerprint density at radius 1 is 1.17 bits per heavy atom. The van der Waals surface area contributed by atoms with Crippen LogP contribution in [0.25, 0.3) is 32.0 Å². The molecule has 1 aromatic heterocycles. The summed E-state index contributed by atoms with van der Waals surface area (Å²) >= 11 is 1.62. The van der Waals surface area contributed by atoms with Crippen molar-refractivity contribution in [2.75, 3.05) is 0 Å². The van der Waals surface area contributed by atoms with Crippen LogP contribution in [0, 0.1) is 0 Å². The van der Waals surface area contributed by atoms with Crippen molar-refractivity contribution in [1.29, 1.82) is 0 Å². The van der Waals surface area contributed by atoms with Gasteiger partial charge in [-0.2, -0.15) is 10.1 Å². The Morgan fingerprint density at radius 3 is 2.71 bits per heavy atom. The molecule has 3 heterocycles. The Labute approximate surface area is 141 Å². The summed E-state index contributed by atoms with van der Waals surface area (Å²) in [5, 5.41) is 5.72. The highest BCUT2D eigenvalue weighted by molar-refractivity contribution is 7.22. The van der Waals surface area contributed by atoms with E-state index in [1.54, 1.807) is 22.1 Å². The minimum Gasteiger partial charge on any atom is -0.268 e. The molecular formula is C17H14N4O2S. The minimum absolute atomic E-state index is 0.329. The van der Waals surface area contributed by atoms with Gasteiger partial charge < -0.3 is 0 Å². The van der Waals surface area contributed by atoms with Crippen LogP contribution in [0.5, 0.6) is 0 Å². The van der Waals surface area contributed by atoms with Crippen molar-refractivity contribution in [3.8, 4) is 22.0 Å². The molecule has 4 rings (SSSR count). The van der Waals surface area contributed by atoms with E-state index in [9.17, 15) is 9.59 Å². The van der Waals surface area contributed by atoms with Gasteiger partial charge in [-0.15, -0.1) is 11.3 Å². The van der Waals surface area contributed by atoms with Gasteiger partial charge in [0, 0.05) is 18.3 Å². The summed E-state index contributed by atoms with van der Waals surface area (Å²) in [6, 6.07) is 11.9. The predicted octanol–water partition coefficient (Wildman–Crippen LogP) is 2.34. The normalized spacial score (nSPS) is 11.4. The second kappa shape index (κ2) is 5.38. The van der Waals surface area contributed by atoms with Gasteiger partial charge in [-0.25, -0.2) is 9.48 Å². The average molecular weight is 338 g/mol. The first-order valence-corrected chi connectivity index (χ1v) is 8.38. The molecule has 0 aliphatic carbocycles. The summed E-state index contributed by atoms with van der Waals surface area (Å²) in [5.74, 6) is 0.329. The molecule has 0 atom stereocenters. The highest BCUT2D eigenvalue weighted by Crippen LogP contribution is 2.33. The van der Waals surface area contributed by atoms with E-state index in [-0.39, 0.29) is 5.56 Å². The Balaban J connectivity index is 2.04. The monoisotopic (exact) mass is 338 g/mol. The fourth-order valence-corrected chi connectivity index (χ4v) is 3.72. The maximum absolute atomic E-state index is 12.5. The van der Waals surface area contributed by atoms with E-state index in [2.05, 4.69) is 28.3 Å². The van der Waals surface area contributed by atoms with Gasteiger partial charge in [0.1, 0.15) is 5.69 Å². The second-order valence-corrected chi connectivity index (χ2v) is 6.57. The fraction of sp³-hybridized carbons (Fsp3) is 0.176. The summed E-state index contributed by atoms with van der Waals surface area (Å²) in [7, 11) is 1.44. The SMILES string of the molecule is CCn1nc(-c2cc3ccccc3s2)cc2c(=O)n(C)c(=O)nc1-2. The lowest BCUT2D eigenvalue weighted by Gasteiger charge is -2.13. The minimum atomic E-state index is -0.564. The van der Waals surface area contributed by atoms with Gasteiger partial charge in [0.15, 0.2) is 5.82 Å². The largest absolute Gasteiger partial charge is 0.352 e. The van der Waals surface area contributed by atoms with Gasteiger partial charge in [-0.1, -0.05) is 18.2 Å². The summed E-state index contributed by atoms with van der Waals surface area (Å²) < 4.78 is 3.80. The standard InChI is InChI=1S/C17H14N4O2S/c1-3-21-15-11(16(22)20(2)17(23)18-15)9-12(19-21)14-8-10-6-4-5-7-13(10)24-14/h4-9H,3H2,1-2H3. The molecule has 0 saturated heterocycles. The fourth-order valence-electron chi connectivity index (χ4n) is 2.70. The van der Waals surface area contributed by atoms with Crippen molar-refractivity contribution in [3.63, 3.8) is 0 Å². The lowest BCUT2D eigenvalue weighted by Crippen LogP contribution is -2.36. The Hall–Kier alpha value is -2.80. The van der Waals surface area contributed by atoms with Crippen LogP contribution < -0.4 is 11.2 Å². The molecule has 0 saturated carbocycles.